The van der Waals surface area contributed by atoms with E-state index in [1.54, 1.807) is 18.0 Å². The summed E-state index contributed by atoms with van der Waals surface area (Å²) >= 11 is 0. The Morgan fingerprint density at radius 1 is 1.14 bits per heavy atom. The van der Waals surface area contributed by atoms with E-state index in [0.717, 1.165) is 42.5 Å². The van der Waals surface area contributed by atoms with Crippen LogP contribution < -0.4 is 16.6 Å². The molecule has 35 heavy (non-hydrogen) atoms. The number of piperidine rings is 1. The second-order valence-corrected chi connectivity index (χ2v) is 9.47. The molecule has 2 atom stereocenters. The molecule has 1 amide bonds. The highest BCUT2D eigenvalue weighted by Gasteiger charge is 2.32. The van der Waals surface area contributed by atoms with Gasteiger partial charge in [0, 0.05) is 32.3 Å². The molecule has 2 aromatic heterocycles. The zero-order valence-electron chi connectivity index (χ0n) is 20.1. The lowest BCUT2D eigenvalue weighted by Crippen LogP contribution is -2.50. The lowest BCUT2D eigenvalue weighted by atomic mass is 9.97. The van der Waals surface area contributed by atoms with Gasteiger partial charge in [0.2, 0.25) is 5.91 Å². The van der Waals surface area contributed by atoms with Gasteiger partial charge in [0.25, 0.3) is 5.56 Å². The van der Waals surface area contributed by atoms with Crippen LogP contribution in [0.15, 0.2) is 46.2 Å². The average molecular weight is 481 g/mol. The van der Waals surface area contributed by atoms with Crippen LogP contribution in [0.1, 0.15) is 31.2 Å². The second kappa shape index (κ2) is 10.2. The molecular weight excluding hydrogens is 448 g/mol. The summed E-state index contributed by atoms with van der Waals surface area (Å²) in [7, 11) is 1.59. The third-order valence-electron chi connectivity index (χ3n) is 7.19. The Labute approximate surface area is 203 Å². The van der Waals surface area contributed by atoms with Crippen molar-refractivity contribution in [2.45, 2.75) is 57.4 Å². The highest BCUT2D eigenvalue weighted by atomic mass is 16.5. The number of hydrogen-bond donors (Lipinski definition) is 1. The van der Waals surface area contributed by atoms with E-state index in [1.807, 2.05) is 30.3 Å². The minimum Gasteiger partial charge on any atom is -0.383 e. The molecule has 2 saturated heterocycles. The standard InChI is InChI=1S/C25H32N6O4/c1-35-13-12-29-17-26-23-22(29)24(33)31(25(34)30(23)15-18-6-3-2-4-7-18)16-21(32)27-19-9-11-28-10-5-8-20(28)14-19/h2-4,6-7,17,19-20H,5,8-16H2,1H3,(H,27,32)/t19-,20-/m1/s1. The number of fused-ring (bicyclic) bond motifs is 2. The van der Waals surface area contributed by atoms with Gasteiger partial charge in [-0.1, -0.05) is 30.3 Å². The number of ether oxygens (including phenoxy) is 1. The normalized spacial score (nSPS) is 20.3. The molecule has 4 heterocycles. The molecular formula is C25H32N6O4. The van der Waals surface area contributed by atoms with Gasteiger partial charge in [0.05, 0.1) is 19.5 Å². The molecule has 10 nitrogen and oxygen atoms in total. The van der Waals surface area contributed by atoms with Crippen LogP contribution in [0.5, 0.6) is 0 Å². The fourth-order valence-corrected chi connectivity index (χ4v) is 5.42. The highest BCUT2D eigenvalue weighted by molar-refractivity contribution is 5.77. The van der Waals surface area contributed by atoms with E-state index in [1.165, 1.54) is 11.0 Å². The summed E-state index contributed by atoms with van der Waals surface area (Å²) < 4.78 is 9.37. The fourth-order valence-electron chi connectivity index (χ4n) is 5.42. The average Bonchev–Trinajstić information content (AvgIpc) is 3.50. The van der Waals surface area contributed by atoms with Crippen molar-refractivity contribution in [2.75, 3.05) is 26.8 Å². The van der Waals surface area contributed by atoms with Crippen LogP contribution in [0, 0.1) is 0 Å². The number of hydrogen-bond acceptors (Lipinski definition) is 6. The van der Waals surface area contributed by atoms with Gasteiger partial charge in [-0.3, -0.25) is 14.2 Å². The first-order chi connectivity index (χ1) is 17.0. The number of carbonyl (C=O) groups is 1. The van der Waals surface area contributed by atoms with Crippen LogP contribution in [-0.2, 0) is 29.2 Å². The van der Waals surface area contributed by atoms with Crippen LogP contribution in [0.25, 0.3) is 11.2 Å². The molecule has 186 valence electrons. The zero-order valence-corrected chi connectivity index (χ0v) is 20.1. The minimum atomic E-state index is -0.538. The molecule has 2 aliphatic rings. The third-order valence-corrected chi connectivity index (χ3v) is 7.19. The first-order valence-electron chi connectivity index (χ1n) is 12.3. The number of imidazole rings is 1. The summed E-state index contributed by atoms with van der Waals surface area (Å²) in [4.78, 5) is 46.8. The van der Waals surface area contributed by atoms with E-state index in [9.17, 15) is 14.4 Å². The first-order valence-corrected chi connectivity index (χ1v) is 12.3. The molecule has 0 bridgehead atoms. The maximum absolute atomic E-state index is 13.5. The van der Waals surface area contributed by atoms with Gasteiger partial charge < -0.3 is 19.5 Å². The Hall–Kier alpha value is -3.24. The van der Waals surface area contributed by atoms with E-state index in [2.05, 4.69) is 15.2 Å². The maximum atomic E-state index is 13.5. The Morgan fingerprint density at radius 2 is 1.97 bits per heavy atom. The van der Waals surface area contributed by atoms with Gasteiger partial charge in [-0.15, -0.1) is 0 Å². The van der Waals surface area contributed by atoms with Crippen molar-refractivity contribution in [3.05, 3.63) is 63.1 Å². The van der Waals surface area contributed by atoms with Crippen LogP contribution in [0.4, 0.5) is 0 Å². The van der Waals surface area contributed by atoms with Crippen molar-refractivity contribution in [1.82, 2.24) is 28.9 Å². The van der Waals surface area contributed by atoms with Crippen molar-refractivity contribution < 1.29 is 9.53 Å². The SMILES string of the molecule is COCCn1cnc2c1c(=O)n(CC(=O)N[C@@H]1CCN3CCC[C@@H]3C1)c(=O)n2Cc1ccccc1. The van der Waals surface area contributed by atoms with Crippen molar-refractivity contribution in [3.8, 4) is 0 Å². The molecule has 2 fully saturated rings. The monoisotopic (exact) mass is 480 g/mol. The van der Waals surface area contributed by atoms with Crippen LogP contribution >= 0.6 is 0 Å². The molecule has 2 aliphatic heterocycles. The number of benzene rings is 1. The van der Waals surface area contributed by atoms with Gasteiger partial charge >= 0.3 is 5.69 Å². The van der Waals surface area contributed by atoms with E-state index in [4.69, 9.17) is 4.74 Å². The molecule has 0 aliphatic carbocycles. The first kappa shape index (κ1) is 23.5. The molecule has 10 heteroatoms. The molecule has 5 rings (SSSR count). The van der Waals surface area contributed by atoms with Gasteiger partial charge in [0.1, 0.15) is 6.54 Å². The number of carbonyl (C=O) groups excluding carboxylic acids is 1. The Bertz CT molecular complexity index is 1310. The summed E-state index contributed by atoms with van der Waals surface area (Å²) in [6, 6.07) is 10.1. The van der Waals surface area contributed by atoms with Crippen LogP contribution in [0.3, 0.4) is 0 Å². The summed E-state index contributed by atoms with van der Waals surface area (Å²) in [5.41, 5.74) is 0.461. The minimum absolute atomic E-state index is 0.0695. The summed E-state index contributed by atoms with van der Waals surface area (Å²) in [6.45, 7) is 2.85. The van der Waals surface area contributed by atoms with Gasteiger partial charge in [-0.2, -0.15) is 0 Å². The summed E-state index contributed by atoms with van der Waals surface area (Å²) in [6.07, 6.45) is 5.72. The molecule has 3 aromatic rings. The van der Waals surface area contributed by atoms with E-state index >= 15 is 0 Å². The topological polar surface area (TPSA) is 103 Å². The summed E-state index contributed by atoms with van der Waals surface area (Å²) in [5.74, 6) is -0.311. The van der Waals surface area contributed by atoms with Crippen molar-refractivity contribution >= 4 is 17.1 Å². The highest BCUT2D eigenvalue weighted by Crippen LogP contribution is 2.26. The third kappa shape index (κ3) is 4.81. The lowest BCUT2D eigenvalue weighted by molar-refractivity contribution is -0.122. The quantitative estimate of drug-likeness (QED) is 0.512. The van der Waals surface area contributed by atoms with E-state index < -0.39 is 11.2 Å². The summed E-state index contributed by atoms with van der Waals surface area (Å²) in [5, 5.41) is 3.08. The van der Waals surface area contributed by atoms with E-state index in [0.29, 0.717) is 30.4 Å². The predicted molar refractivity (Wildman–Crippen MR) is 131 cm³/mol. The Balaban J connectivity index is 1.46. The molecule has 0 radical (unpaired) electrons. The van der Waals surface area contributed by atoms with Crippen molar-refractivity contribution in [1.29, 1.82) is 0 Å². The maximum Gasteiger partial charge on any atom is 0.333 e. The lowest BCUT2D eigenvalue weighted by Gasteiger charge is -2.35. The number of methoxy groups -OCH3 is 1. The Kier molecular flexibility index (Phi) is 6.83. The number of nitrogens with zero attached hydrogens (tertiary/aromatic N) is 5. The number of aromatic nitrogens is 4. The van der Waals surface area contributed by atoms with Crippen molar-refractivity contribution in [3.63, 3.8) is 0 Å². The number of nitrogens with one attached hydrogen (secondary N) is 1. The second-order valence-electron chi connectivity index (χ2n) is 9.47. The molecule has 1 N–H and O–H groups in total. The fraction of sp³-hybridized carbons (Fsp3) is 0.520. The largest absolute Gasteiger partial charge is 0.383 e. The smallest absolute Gasteiger partial charge is 0.333 e. The van der Waals surface area contributed by atoms with E-state index in [-0.39, 0.29) is 25.0 Å². The van der Waals surface area contributed by atoms with Gasteiger partial charge in [-0.25, -0.2) is 14.3 Å². The van der Waals surface area contributed by atoms with Gasteiger partial charge in [-0.05, 0) is 37.8 Å². The number of rotatable bonds is 8. The molecule has 1 aromatic carbocycles. The predicted octanol–water partition coefficient (Wildman–Crippen LogP) is 0.797. The molecule has 0 unspecified atom stereocenters. The molecule has 0 spiro atoms. The van der Waals surface area contributed by atoms with Crippen LogP contribution in [0.2, 0.25) is 0 Å². The molecule has 0 saturated carbocycles. The zero-order chi connectivity index (χ0) is 24.4. The van der Waals surface area contributed by atoms with Crippen LogP contribution in [-0.4, -0.2) is 68.4 Å². The number of amides is 1. The van der Waals surface area contributed by atoms with Crippen molar-refractivity contribution in [2.24, 2.45) is 0 Å². The Morgan fingerprint density at radius 3 is 2.77 bits per heavy atom. The van der Waals surface area contributed by atoms with Gasteiger partial charge in [0.15, 0.2) is 11.2 Å².